The zero-order valence-electron chi connectivity index (χ0n) is 19.9. The van der Waals surface area contributed by atoms with E-state index in [1.165, 1.54) is 23.1 Å². The van der Waals surface area contributed by atoms with Gasteiger partial charge in [-0.25, -0.2) is 19.1 Å². The lowest BCUT2D eigenvalue weighted by Gasteiger charge is -2.31. The smallest absolute Gasteiger partial charge is 0.462 e. The Bertz CT molecular complexity index is 1590. The van der Waals surface area contributed by atoms with Crippen molar-refractivity contribution in [2.45, 2.75) is 19.1 Å². The van der Waals surface area contributed by atoms with Crippen molar-refractivity contribution in [1.82, 2.24) is 14.6 Å². The molecule has 2 aromatic heterocycles. The summed E-state index contributed by atoms with van der Waals surface area (Å²) >= 11 is 0. The molecule has 3 heterocycles. The maximum absolute atomic E-state index is 13.5. The van der Waals surface area contributed by atoms with Crippen molar-refractivity contribution in [3.63, 3.8) is 0 Å². The summed E-state index contributed by atoms with van der Waals surface area (Å²) in [6.07, 6.45) is -7.01. The number of carbonyl (C=O) groups excluding carboxylic acids is 2. The number of amides is 2. The van der Waals surface area contributed by atoms with Crippen molar-refractivity contribution >= 4 is 34.7 Å². The highest BCUT2D eigenvalue weighted by molar-refractivity contribution is 6.05. The Morgan fingerprint density at radius 1 is 1.00 bits per heavy atom. The average Bonchev–Trinajstić information content (AvgIpc) is 3.26. The maximum atomic E-state index is 13.5. The Balaban J connectivity index is 1.34. The minimum Gasteiger partial charge on any atom is -0.462 e. The number of aromatic nitrogens is 3. The molecule has 0 saturated carbocycles. The number of alkyl halides is 4. The van der Waals surface area contributed by atoms with Crippen LogP contribution >= 0.6 is 0 Å². The number of esters is 1. The third kappa shape index (κ3) is 4.69. The Morgan fingerprint density at radius 3 is 2.33 bits per heavy atom. The highest BCUT2D eigenvalue weighted by atomic mass is 19.3. The molecule has 0 unspecified atom stereocenters. The van der Waals surface area contributed by atoms with Crippen LogP contribution in [0.4, 0.5) is 39.5 Å². The molecule has 0 aliphatic carbocycles. The van der Waals surface area contributed by atoms with Crippen LogP contribution in [-0.4, -0.2) is 45.4 Å². The molecule has 0 saturated heterocycles. The number of nitrogens with zero attached hydrogens (tertiary/aromatic N) is 3. The minimum atomic E-state index is -4.89. The van der Waals surface area contributed by atoms with Gasteiger partial charge in [-0.1, -0.05) is 12.1 Å². The summed E-state index contributed by atoms with van der Waals surface area (Å²) in [7, 11) is 0. The lowest BCUT2D eigenvalue weighted by molar-refractivity contribution is -0.391. The Labute approximate surface area is 216 Å². The summed E-state index contributed by atoms with van der Waals surface area (Å²) in [6.45, 7) is 1.83. The molecule has 0 radical (unpaired) electrons. The number of anilines is 3. The average molecular weight is 546 g/mol. The van der Waals surface area contributed by atoms with Crippen molar-refractivity contribution < 1.29 is 41.4 Å². The maximum Gasteiger partial charge on any atom is 0.507 e. The Morgan fingerprint density at radius 2 is 1.64 bits per heavy atom. The zero-order chi connectivity index (χ0) is 27.9. The summed E-state index contributed by atoms with van der Waals surface area (Å²) in [5.41, 5.74) is 7.92. The summed E-state index contributed by atoms with van der Waals surface area (Å²) in [5.74, 6) is -1.73. The highest BCUT2D eigenvalue weighted by Crippen LogP contribution is 2.47. The summed E-state index contributed by atoms with van der Waals surface area (Å²) < 4.78 is 68.2. The van der Waals surface area contributed by atoms with Crippen molar-refractivity contribution in [3.8, 4) is 22.6 Å². The molecule has 0 bridgehead atoms. The molecule has 11 nitrogen and oxygen atoms in total. The molecule has 39 heavy (non-hydrogen) atoms. The lowest BCUT2D eigenvalue weighted by Crippen LogP contribution is -2.52. The second-order valence-corrected chi connectivity index (χ2v) is 8.13. The van der Waals surface area contributed by atoms with Gasteiger partial charge in [-0.05, 0) is 36.8 Å². The molecule has 0 spiro atoms. The molecule has 0 fully saturated rings. The van der Waals surface area contributed by atoms with Gasteiger partial charge in [0.15, 0.2) is 17.3 Å². The number of rotatable bonds is 5. The third-order valence-corrected chi connectivity index (χ3v) is 5.55. The van der Waals surface area contributed by atoms with E-state index in [4.69, 9.17) is 10.5 Å². The fourth-order valence-corrected chi connectivity index (χ4v) is 3.85. The number of fused-ring (bicyclic) bond motifs is 2. The van der Waals surface area contributed by atoms with Crippen LogP contribution in [0.3, 0.4) is 0 Å². The van der Waals surface area contributed by atoms with Gasteiger partial charge in [-0.15, -0.1) is 0 Å². The van der Waals surface area contributed by atoms with Crippen LogP contribution in [0.1, 0.15) is 17.3 Å². The lowest BCUT2D eigenvalue weighted by atomic mass is 10.0. The number of hydrogen-bond acceptors (Lipinski definition) is 8. The second-order valence-electron chi connectivity index (χ2n) is 8.13. The van der Waals surface area contributed by atoms with E-state index in [1.807, 2.05) is 0 Å². The van der Waals surface area contributed by atoms with Crippen LogP contribution in [-0.2, 0) is 4.74 Å². The van der Waals surface area contributed by atoms with Crippen molar-refractivity contribution in [3.05, 3.63) is 60.6 Å². The van der Waals surface area contributed by atoms with Crippen LogP contribution in [0.5, 0.6) is 11.5 Å². The first kappa shape index (κ1) is 25.6. The number of ether oxygens (including phenoxy) is 3. The van der Waals surface area contributed by atoms with Gasteiger partial charge in [0.05, 0.1) is 12.2 Å². The van der Waals surface area contributed by atoms with Crippen LogP contribution in [0.25, 0.3) is 16.6 Å². The summed E-state index contributed by atoms with van der Waals surface area (Å²) in [6, 6.07) is 8.60. The Hall–Kier alpha value is -5.08. The SMILES string of the molecule is CCOC(=O)c1cn2ncnc(N)c2c1-c1ccc(NC(=O)Nc2ccc3c(c2)OC(F)(F)C(F)(F)O3)cc1. The number of urea groups is 1. The topological polar surface area (TPSA) is 142 Å². The predicted molar refractivity (Wildman–Crippen MR) is 129 cm³/mol. The van der Waals surface area contributed by atoms with E-state index >= 15 is 0 Å². The number of nitrogens with one attached hydrogen (secondary N) is 2. The van der Waals surface area contributed by atoms with Crippen molar-refractivity contribution in [1.29, 1.82) is 0 Å². The molecule has 4 aromatic rings. The number of halogens is 4. The molecule has 0 atom stereocenters. The number of benzene rings is 2. The molecule has 202 valence electrons. The highest BCUT2D eigenvalue weighted by Gasteiger charge is 2.65. The molecule has 5 rings (SSSR count). The summed E-state index contributed by atoms with van der Waals surface area (Å²) in [4.78, 5) is 29.0. The zero-order valence-corrected chi connectivity index (χ0v) is 19.9. The fourth-order valence-electron chi connectivity index (χ4n) is 3.85. The van der Waals surface area contributed by atoms with Gasteiger partial charge in [0, 0.05) is 29.2 Å². The third-order valence-electron chi connectivity index (χ3n) is 5.55. The predicted octanol–water partition coefficient (Wildman–Crippen LogP) is 4.76. The van der Waals surface area contributed by atoms with E-state index in [-0.39, 0.29) is 23.7 Å². The number of carbonyl (C=O) groups is 2. The molecule has 2 amide bonds. The molecule has 1 aliphatic heterocycles. The van der Waals surface area contributed by atoms with E-state index < -0.39 is 35.7 Å². The monoisotopic (exact) mass is 546 g/mol. The first-order valence-electron chi connectivity index (χ1n) is 11.2. The van der Waals surface area contributed by atoms with Crippen LogP contribution in [0.2, 0.25) is 0 Å². The van der Waals surface area contributed by atoms with Gasteiger partial charge in [-0.2, -0.15) is 22.7 Å². The van der Waals surface area contributed by atoms with E-state index in [0.717, 1.165) is 12.1 Å². The molecule has 4 N–H and O–H groups in total. The van der Waals surface area contributed by atoms with Crippen LogP contribution < -0.4 is 25.8 Å². The number of nitrogens with two attached hydrogens (primary N) is 1. The first-order valence-corrected chi connectivity index (χ1v) is 11.2. The van der Waals surface area contributed by atoms with Crippen LogP contribution in [0.15, 0.2) is 55.0 Å². The fraction of sp³-hybridized carbons (Fsp3) is 0.167. The number of hydrogen-bond donors (Lipinski definition) is 3. The molecular weight excluding hydrogens is 528 g/mol. The van der Waals surface area contributed by atoms with Gasteiger partial charge in [0.25, 0.3) is 0 Å². The second kappa shape index (κ2) is 9.34. The van der Waals surface area contributed by atoms with Gasteiger partial charge < -0.3 is 30.6 Å². The van der Waals surface area contributed by atoms with Gasteiger partial charge in [0.1, 0.15) is 11.8 Å². The quantitative estimate of drug-likeness (QED) is 0.240. The van der Waals surface area contributed by atoms with E-state index in [1.54, 1.807) is 31.2 Å². The number of nitrogen functional groups attached to an aromatic ring is 1. The molecule has 1 aliphatic rings. The Kier molecular flexibility index (Phi) is 6.12. The normalized spacial score (nSPS) is 15.0. The van der Waals surface area contributed by atoms with E-state index in [9.17, 15) is 27.2 Å². The standard InChI is InChI=1S/C24H18F4N6O5/c1-2-37-21(35)15-10-34-19(20(29)30-11-31-34)18(15)12-3-5-13(6-4-12)32-22(36)33-14-7-8-16-17(9-14)39-24(27,28)23(25,26)38-16/h3-11H,2H2,1H3,(H2,29,30,31)(H2,32,33,36). The minimum absolute atomic E-state index is 0.0256. The van der Waals surface area contributed by atoms with E-state index in [0.29, 0.717) is 22.3 Å². The largest absolute Gasteiger partial charge is 0.507 e. The molecular formula is C24H18F4N6O5. The summed E-state index contributed by atoms with van der Waals surface area (Å²) in [5, 5.41) is 9.01. The molecule has 2 aromatic carbocycles. The van der Waals surface area contributed by atoms with Gasteiger partial charge >= 0.3 is 24.2 Å². The van der Waals surface area contributed by atoms with E-state index in [2.05, 4.69) is 30.2 Å². The van der Waals surface area contributed by atoms with Crippen molar-refractivity contribution in [2.24, 2.45) is 0 Å². The first-order chi connectivity index (χ1) is 18.5. The van der Waals surface area contributed by atoms with Gasteiger partial charge in [0.2, 0.25) is 0 Å². The van der Waals surface area contributed by atoms with Crippen LogP contribution in [0, 0.1) is 0 Å². The van der Waals surface area contributed by atoms with Crippen molar-refractivity contribution in [2.75, 3.05) is 23.0 Å². The van der Waals surface area contributed by atoms with Gasteiger partial charge in [-0.3, -0.25) is 0 Å². The molecule has 15 heteroatoms.